The van der Waals surface area contributed by atoms with Crippen molar-refractivity contribution in [2.45, 2.75) is 27.3 Å². The first-order chi connectivity index (χ1) is 5.84. The van der Waals surface area contributed by atoms with Crippen LogP contribution >= 0.6 is 0 Å². The van der Waals surface area contributed by atoms with Gasteiger partial charge in [0.05, 0.1) is 0 Å². The van der Waals surface area contributed by atoms with E-state index in [1.165, 1.54) is 11.1 Å². The Morgan fingerprint density at radius 1 is 1.17 bits per heavy atom. The number of hydrogen-bond donors (Lipinski definition) is 1. The summed E-state index contributed by atoms with van der Waals surface area (Å²) >= 11 is 0. The minimum absolute atomic E-state index is 0.965. The highest BCUT2D eigenvalue weighted by Crippen LogP contribution is 2.05. The molecule has 0 saturated heterocycles. The lowest BCUT2D eigenvalue weighted by Crippen LogP contribution is -2.05. The highest BCUT2D eigenvalue weighted by Gasteiger charge is 1.91. The predicted octanol–water partition coefficient (Wildman–Crippen LogP) is 2.74. The van der Waals surface area contributed by atoms with Crippen LogP contribution in [0.1, 0.15) is 25.0 Å². The van der Waals surface area contributed by atoms with E-state index >= 15 is 0 Å². The summed E-state index contributed by atoms with van der Waals surface area (Å²) < 4.78 is 0. The van der Waals surface area contributed by atoms with Crippen molar-refractivity contribution < 1.29 is 0 Å². The third-order valence-corrected chi connectivity index (χ3v) is 1.63. The van der Waals surface area contributed by atoms with E-state index in [2.05, 4.69) is 36.5 Å². The average Bonchev–Trinajstić information content (AvgIpc) is 2.13. The van der Waals surface area contributed by atoms with Crippen molar-refractivity contribution in [1.29, 1.82) is 0 Å². The molecule has 0 aliphatic heterocycles. The Labute approximate surface area is 75.8 Å². The zero-order chi connectivity index (χ0) is 9.40. The molecule has 12 heavy (non-hydrogen) atoms. The maximum absolute atomic E-state index is 3.12. The minimum atomic E-state index is 0.965. The molecule has 0 aromatic heterocycles. The van der Waals surface area contributed by atoms with Gasteiger partial charge in [-0.05, 0) is 25.1 Å². The molecule has 1 N–H and O–H groups in total. The maximum atomic E-state index is 3.12. The van der Waals surface area contributed by atoms with Crippen LogP contribution in [-0.4, -0.2) is 7.05 Å². The number of hydrogen-bond acceptors (Lipinski definition) is 1. The van der Waals surface area contributed by atoms with Gasteiger partial charge in [0.25, 0.3) is 0 Å². The van der Waals surface area contributed by atoms with Gasteiger partial charge in [-0.3, -0.25) is 0 Å². The van der Waals surface area contributed by atoms with Crippen LogP contribution in [0, 0.1) is 6.92 Å². The van der Waals surface area contributed by atoms with Gasteiger partial charge in [-0.2, -0.15) is 0 Å². The van der Waals surface area contributed by atoms with Crippen molar-refractivity contribution >= 4 is 0 Å². The lowest BCUT2D eigenvalue weighted by molar-refractivity contribution is 0.812. The van der Waals surface area contributed by atoms with Crippen LogP contribution in [0.25, 0.3) is 0 Å². The Morgan fingerprint density at radius 3 is 2.25 bits per heavy atom. The molecule has 0 aliphatic carbocycles. The molecule has 68 valence electrons. The molecule has 1 aromatic rings. The third kappa shape index (κ3) is 3.54. The number of rotatable bonds is 2. The summed E-state index contributed by atoms with van der Waals surface area (Å²) in [5.41, 5.74) is 2.74. The monoisotopic (exact) mass is 165 g/mol. The van der Waals surface area contributed by atoms with Crippen molar-refractivity contribution in [2.24, 2.45) is 0 Å². The topological polar surface area (TPSA) is 12.0 Å². The molecular weight excluding hydrogens is 146 g/mol. The number of aryl methyl sites for hydroxylation is 1. The Hall–Kier alpha value is -0.820. The van der Waals surface area contributed by atoms with Crippen molar-refractivity contribution in [3.05, 3.63) is 35.4 Å². The fourth-order valence-electron chi connectivity index (χ4n) is 0.999. The smallest absolute Gasteiger partial charge is 0.0205 e. The lowest BCUT2D eigenvalue weighted by atomic mass is 10.1. The second-order valence-electron chi connectivity index (χ2n) is 2.46. The summed E-state index contributed by atoms with van der Waals surface area (Å²) in [7, 11) is 1.96. The SMILES string of the molecule is CC.CNCc1ccccc1C. The summed E-state index contributed by atoms with van der Waals surface area (Å²) in [5.74, 6) is 0. The number of nitrogens with one attached hydrogen (secondary N) is 1. The van der Waals surface area contributed by atoms with Gasteiger partial charge >= 0.3 is 0 Å². The van der Waals surface area contributed by atoms with Gasteiger partial charge in [-0.25, -0.2) is 0 Å². The zero-order valence-electron chi connectivity index (χ0n) is 8.52. The van der Waals surface area contributed by atoms with Crippen molar-refractivity contribution in [1.82, 2.24) is 5.32 Å². The first-order valence-corrected chi connectivity index (χ1v) is 4.53. The van der Waals surface area contributed by atoms with Crippen LogP contribution in [0.4, 0.5) is 0 Å². The van der Waals surface area contributed by atoms with Gasteiger partial charge in [0.2, 0.25) is 0 Å². The molecule has 0 saturated carbocycles. The Kier molecular flexibility index (Phi) is 6.39. The molecule has 1 aromatic carbocycles. The molecule has 0 spiro atoms. The molecular formula is C11H19N. The summed E-state index contributed by atoms with van der Waals surface area (Å²) in [6, 6.07) is 8.41. The van der Waals surface area contributed by atoms with Crippen LogP contribution in [0.3, 0.4) is 0 Å². The van der Waals surface area contributed by atoms with Crippen molar-refractivity contribution in [3.63, 3.8) is 0 Å². The normalized spacial score (nSPS) is 8.67. The van der Waals surface area contributed by atoms with Gasteiger partial charge in [0.1, 0.15) is 0 Å². The highest BCUT2D eigenvalue weighted by molar-refractivity contribution is 5.25. The lowest BCUT2D eigenvalue weighted by Gasteiger charge is -2.02. The first-order valence-electron chi connectivity index (χ1n) is 4.53. The second kappa shape index (κ2) is 6.86. The minimum Gasteiger partial charge on any atom is -0.316 e. The Balaban J connectivity index is 0.000000561. The number of benzene rings is 1. The summed E-state index contributed by atoms with van der Waals surface area (Å²) in [6.45, 7) is 7.10. The molecule has 0 aliphatic rings. The van der Waals surface area contributed by atoms with Crippen LogP contribution in [0.5, 0.6) is 0 Å². The van der Waals surface area contributed by atoms with E-state index < -0.39 is 0 Å². The molecule has 1 nitrogen and oxygen atoms in total. The first kappa shape index (κ1) is 11.2. The summed E-state index contributed by atoms with van der Waals surface area (Å²) in [4.78, 5) is 0. The van der Waals surface area contributed by atoms with Crippen molar-refractivity contribution in [3.8, 4) is 0 Å². The highest BCUT2D eigenvalue weighted by atomic mass is 14.8. The molecule has 0 bridgehead atoms. The van der Waals surface area contributed by atoms with Gasteiger partial charge in [-0.1, -0.05) is 38.1 Å². The van der Waals surface area contributed by atoms with E-state index in [0.29, 0.717) is 0 Å². The second-order valence-corrected chi connectivity index (χ2v) is 2.46. The van der Waals surface area contributed by atoms with E-state index in [-0.39, 0.29) is 0 Å². The fourth-order valence-corrected chi connectivity index (χ4v) is 0.999. The zero-order valence-corrected chi connectivity index (χ0v) is 8.52. The van der Waals surface area contributed by atoms with E-state index in [4.69, 9.17) is 0 Å². The fraction of sp³-hybridized carbons (Fsp3) is 0.455. The van der Waals surface area contributed by atoms with E-state index in [1.54, 1.807) is 0 Å². The van der Waals surface area contributed by atoms with Gasteiger partial charge in [0, 0.05) is 6.54 Å². The molecule has 0 radical (unpaired) electrons. The molecule has 0 atom stereocenters. The maximum Gasteiger partial charge on any atom is 0.0205 e. The van der Waals surface area contributed by atoms with Crippen LogP contribution in [0.2, 0.25) is 0 Å². The predicted molar refractivity (Wildman–Crippen MR) is 55.3 cm³/mol. The molecule has 0 unspecified atom stereocenters. The van der Waals surface area contributed by atoms with E-state index in [9.17, 15) is 0 Å². The van der Waals surface area contributed by atoms with E-state index in [1.807, 2.05) is 20.9 Å². The van der Waals surface area contributed by atoms with Crippen LogP contribution in [-0.2, 0) is 6.54 Å². The van der Waals surface area contributed by atoms with Crippen LogP contribution < -0.4 is 5.32 Å². The average molecular weight is 165 g/mol. The summed E-state index contributed by atoms with van der Waals surface area (Å²) in [5, 5.41) is 3.12. The standard InChI is InChI=1S/C9H13N.C2H6/c1-8-5-3-4-6-9(8)7-10-2;1-2/h3-6,10H,7H2,1-2H3;1-2H3. The molecule has 1 heteroatoms. The van der Waals surface area contributed by atoms with E-state index in [0.717, 1.165) is 6.54 Å². The van der Waals surface area contributed by atoms with Gasteiger partial charge in [-0.15, -0.1) is 0 Å². The molecule has 0 amide bonds. The quantitative estimate of drug-likeness (QED) is 0.710. The van der Waals surface area contributed by atoms with Gasteiger partial charge < -0.3 is 5.32 Å². The molecule has 0 fully saturated rings. The summed E-state index contributed by atoms with van der Waals surface area (Å²) in [6.07, 6.45) is 0. The third-order valence-electron chi connectivity index (χ3n) is 1.63. The Morgan fingerprint density at radius 2 is 1.75 bits per heavy atom. The molecule has 0 heterocycles. The Bertz CT molecular complexity index is 206. The van der Waals surface area contributed by atoms with Crippen molar-refractivity contribution in [2.75, 3.05) is 7.05 Å². The van der Waals surface area contributed by atoms with Crippen LogP contribution in [0.15, 0.2) is 24.3 Å². The molecule has 1 rings (SSSR count). The van der Waals surface area contributed by atoms with Gasteiger partial charge in [0.15, 0.2) is 0 Å². The largest absolute Gasteiger partial charge is 0.316 e.